The number of hydrogen-bond acceptors (Lipinski definition) is 5. The van der Waals surface area contributed by atoms with Gasteiger partial charge in [-0.05, 0) is 35.9 Å². The van der Waals surface area contributed by atoms with E-state index < -0.39 is 0 Å². The van der Waals surface area contributed by atoms with Gasteiger partial charge in [0.1, 0.15) is 12.4 Å². The molecule has 0 saturated carbocycles. The van der Waals surface area contributed by atoms with Gasteiger partial charge < -0.3 is 9.47 Å². The van der Waals surface area contributed by atoms with E-state index >= 15 is 0 Å². The summed E-state index contributed by atoms with van der Waals surface area (Å²) in [5, 5.41) is 1.39. The Kier molecular flexibility index (Phi) is 6.43. The van der Waals surface area contributed by atoms with Crippen LogP contribution in [0.5, 0.6) is 5.75 Å². The Morgan fingerprint density at radius 1 is 1.23 bits per heavy atom. The van der Waals surface area contributed by atoms with Gasteiger partial charge in [0, 0.05) is 16.0 Å². The molecule has 0 N–H and O–H groups in total. The lowest BCUT2D eigenvalue weighted by atomic mass is 10.1. The van der Waals surface area contributed by atoms with Crippen LogP contribution in [0, 0.1) is 0 Å². The van der Waals surface area contributed by atoms with E-state index in [9.17, 15) is 4.79 Å². The maximum atomic E-state index is 12.1. The Hall–Kier alpha value is -1.85. The van der Waals surface area contributed by atoms with Crippen molar-refractivity contribution in [1.29, 1.82) is 0 Å². The van der Waals surface area contributed by atoms with Gasteiger partial charge in [0.2, 0.25) is 0 Å². The van der Waals surface area contributed by atoms with E-state index in [0.29, 0.717) is 11.3 Å². The van der Waals surface area contributed by atoms with Crippen molar-refractivity contribution in [3.8, 4) is 5.75 Å². The second-order valence-electron chi connectivity index (χ2n) is 4.39. The van der Waals surface area contributed by atoms with Crippen molar-refractivity contribution in [1.82, 2.24) is 0 Å². The van der Waals surface area contributed by atoms with Gasteiger partial charge in [0.15, 0.2) is 0 Å². The van der Waals surface area contributed by atoms with Crippen LogP contribution in [0.1, 0.15) is 15.9 Å². The summed E-state index contributed by atoms with van der Waals surface area (Å²) in [5.74, 6) is 1.01. The van der Waals surface area contributed by atoms with Gasteiger partial charge in [-0.15, -0.1) is 11.8 Å². The molecule has 2 aromatic rings. The molecule has 0 aliphatic carbocycles. The minimum Gasteiger partial charge on any atom is -0.497 e. The van der Waals surface area contributed by atoms with Crippen molar-refractivity contribution in [2.24, 2.45) is 0 Å². The third-order valence-electron chi connectivity index (χ3n) is 2.95. The van der Waals surface area contributed by atoms with E-state index in [4.69, 9.17) is 9.47 Å². The molecule has 0 aliphatic heterocycles. The fraction of sp³-hybridized carbons (Fsp3) is 0.176. The van der Waals surface area contributed by atoms with Crippen LogP contribution in [-0.2, 0) is 10.5 Å². The first kappa shape index (κ1) is 16.5. The number of ether oxygens (including phenoxy) is 2. The molecule has 2 aromatic carbocycles. The van der Waals surface area contributed by atoms with E-state index in [1.807, 2.05) is 36.4 Å². The number of thioether (sulfide) groups is 1. The topological polar surface area (TPSA) is 35.5 Å². The molecule has 0 amide bonds. The van der Waals surface area contributed by atoms with Crippen molar-refractivity contribution in [3.63, 3.8) is 0 Å². The smallest absolute Gasteiger partial charge is 0.338 e. The SMILES string of the molecule is COc1ccc(C(=O)OCC=S)c(CSc2ccccc2)c1. The van der Waals surface area contributed by atoms with Gasteiger partial charge in [-0.2, -0.15) is 0 Å². The average molecular weight is 332 g/mol. The van der Waals surface area contributed by atoms with E-state index in [-0.39, 0.29) is 12.6 Å². The van der Waals surface area contributed by atoms with E-state index in [1.165, 1.54) is 5.37 Å². The summed E-state index contributed by atoms with van der Waals surface area (Å²) in [7, 11) is 1.60. The highest BCUT2D eigenvalue weighted by Gasteiger charge is 2.14. The minimum absolute atomic E-state index is 0.130. The van der Waals surface area contributed by atoms with Crippen LogP contribution in [0.4, 0.5) is 0 Å². The predicted molar refractivity (Wildman–Crippen MR) is 92.9 cm³/mol. The zero-order chi connectivity index (χ0) is 15.8. The summed E-state index contributed by atoms with van der Waals surface area (Å²) in [5.41, 5.74) is 1.42. The van der Waals surface area contributed by atoms with Gasteiger partial charge >= 0.3 is 5.97 Å². The van der Waals surface area contributed by atoms with Crippen molar-refractivity contribution >= 4 is 35.3 Å². The van der Waals surface area contributed by atoms with Crippen LogP contribution < -0.4 is 4.74 Å². The van der Waals surface area contributed by atoms with Crippen molar-refractivity contribution in [3.05, 3.63) is 59.7 Å². The molecule has 0 unspecified atom stereocenters. The summed E-state index contributed by atoms with van der Waals surface area (Å²) in [4.78, 5) is 13.2. The Morgan fingerprint density at radius 3 is 2.68 bits per heavy atom. The Bertz CT molecular complexity index is 642. The summed E-state index contributed by atoms with van der Waals surface area (Å²) < 4.78 is 10.3. The molecular formula is C17H16O3S2. The molecule has 0 saturated heterocycles. The van der Waals surface area contributed by atoms with Crippen molar-refractivity contribution < 1.29 is 14.3 Å². The van der Waals surface area contributed by atoms with Gasteiger partial charge in [-0.1, -0.05) is 30.4 Å². The third kappa shape index (κ3) is 4.58. The highest BCUT2D eigenvalue weighted by atomic mass is 32.2. The second-order valence-corrected chi connectivity index (χ2v) is 5.77. The molecule has 5 heteroatoms. The monoisotopic (exact) mass is 332 g/mol. The summed E-state index contributed by atoms with van der Waals surface area (Å²) in [6, 6.07) is 15.4. The maximum absolute atomic E-state index is 12.1. The maximum Gasteiger partial charge on any atom is 0.338 e. The van der Waals surface area contributed by atoms with Crippen LogP contribution in [-0.4, -0.2) is 25.1 Å². The normalized spacial score (nSPS) is 10.0. The van der Waals surface area contributed by atoms with Crippen molar-refractivity contribution in [2.45, 2.75) is 10.6 Å². The predicted octanol–water partition coefficient (Wildman–Crippen LogP) is 4.14. The zero-order valence-corrected chi connectivity index (χ0v) is 13.8. The van der Waals surface area contributed by atoms with Crippen LogP contribution in [0.25, 0.3) is 0 Å². The molecule has 0 fully saturated rings. The third-order valence-corrected chi connectivity index (χ3v) is 4.15. The van der Waals surface area contributed by atoms with E-state index in [2.05, 4.69) is 12.2 Å². The van der Waals surface area contributed by atoms with E-state index in [1.54, 1.807) is 31.0 Å². The lowest BCUT2D eigenvalue weighted by Crippen LogP contribution is -2.09. The average Bonchev–Trinajstić information content (AvgIpc) is 2.58. The number of thiocarbonyl (C=S) groups is 1. The molecule has 0 radical (unpaired) electrons. The van der Waals surface area contributed by atoms with Crippen LogP contribution in [0.15, 0.2) is 53.4 Å². The first-order valence-corrected chi connectivity index (χ1v) is 8.16. The number of rotatable bonds is 7. The van der Waals surface area contributed by atoms with Crippen molar-refractivity contribution in [2.75, 3.05) is 13.7 Å². The number of carbonyl (C=O) groups excluding carboxylic acids is 1. The number of hydrogen-bond donors (Lipinski definition) is 0. The molecule has 0 atom stereocenters. The van der Waals surface area contributed by atoms with Gasteiger partial charge in [0.05, 0.1) is 12.7 Å². The molecule has 22 heavy (non-hydrogen) atoms. The number of benzene rings is 2. The quantitative estimate of drug-likeness (QED) is 0.432. The largest absolute Gasteiger partial charge is 0.497 e. The Morgan fingerprint density at radius 2 is 2.00 bits per heavy atom. The molecule has 0 spiro atoms. The first-order chi connectivity index (χ1) is 10.7. The van der Waals surface area contributed by atoms with Crippen LogP contribution in [0.2, 0.25) is 0 Å². The lowest BCUT2D eigenvalue weighted by molar-refractivity contribution is 0.0567. The molecule has 0 aliphatic rings. The summed E-state index contributed by atoms with van der Waals surface area (Å²) in [6.45, 7) is 0.130. The highest BCUT2D eigenvalue weighted by Crippen LogP contribution is 2.27. The lowest BCUT2D eigenvalue weighted by Gasteiger charge is -2.10. The number of esters is 1. The number of carbonyl (C=O) groups is 1. The standard InChI is InChI=1S/C17H16O3S2/c1-19-14-7-8-16(17(18)20-9-10-21)13(11-14)12-22-15-5-3-2-4-6-15/h2-8,10-11H,9,12H2,1H3. The summed E-state index contributed by atoms with van der Waals surface area (Å²) >= 11 is 6.34. The molecule has 0 aromatic heterocycles. The molecule has 0 bridgehead atoms. The summed E-state index contributed by atoms with van der Waals surface area (Å²) in [6.07, 6.45) is 0. The fourth-order valence-corrected chi connectivity index (χ4v) is 2.86. The molecule has 2 rings (SSSR count). The van der Waals surface area contributed by atoms with E-state index in [0.717, 1.165) is 16.2 Å². The fourth-order valence-electron chi connectivity index (χ4n) is 1.88. The highest BCUT2D eigenvalue weighted by molar-refractivity contribution is 7.98. The van der Waals surface area contributed by atoms with Gasteiger partial charge in [-0.25, -0.2) is 4.79 Å². The Balaban J connectivity index is 2.18. The molecule has 0 heterocycles. The van der Waals surface area contributed by atoms with Gasteiger partial charge in [0.25, 0.3) is 0 Å². The van der Waals surface area contributed by atoms with Crippen LogP contribution >= 0.6 is 24.0 Å². The molecule has 114 valence electrons. The van der Waals surface area contributed by atoms with Crippen LogP contribution in [0.3, 0.4) is 0 Å². The zero-order valence-electron chi connectivity index (χ0n) is 12.2. The molecule has 3 nitrogen and oxygen atoms in total. The second kappa shape index (κ2) is 8.56. The Labute approximate surface area is 139 Å². The van der Waals surface area contributed by atoms with Gasteiger partial charge in [-0.3, -0.25) is 0 Å². The molecular weight excluding hydrogens is 316 g/mol. The first-order valence-electron chi connectivity index (χ1n) is 6.70. The minimum atomic E-state index is -0.368. The number of methoxy groups -OCH3 is 1.